The van der Waals surface area contributed by atoms with Crippen molar-refractivity contribution in [1.29, 1.82) is 0 Å². The largest absolute Gasteiger partial charge is 0.478 e. The molecule has 0 radical (unpaired) electrons. The molecular weight excluding hydrogens is 392 g/mol. The molecule has 2 rings (SSSR count). The number of carbonyl (C=O) groups excluding carboxylic acids is 1. The Morgan fingerprint density at radius 1 is 1.20 bits per heavy atom. The molecule has 2 N–H and O–H groups in total. The van der Waals surface area contributed by atoms with Gasteiger partial charge in [0.2, 0.25) is 0 Å². The van der Waals surface area contributed by atoms with Crippen LogP contribution in [0.25, 0.3) is 0 Å². The molecule has 0 atom stereocenters. The topological polar surface area (TPSA) is 79.3 Å². The maximum atomic E-state index is 12.1. The highest BCUT2D eigenvalue weighted by atomic mass is 79.9. The van der Waals surface area contributed by atoms with Gasteiger partial charge in [0.1, 0.15) is 4.60 Å². The van der Waals surface area contributed by atoms with E-state index in [0.717, 1.165) is 0 Å². The molecule has 0 spiro atoms. The lowest BCUT2D eigenvalue weighted by Gasteiger charge is -2.08. The molecule has 5 nitrogen and oxygen atoms in total. The van der Waals surface area contributed by atoms with Crippen LogP contribution in [0.2, 0.25) is 0 Å². The van der Waals surface area contributed by atoms with Gasteiger partial charge in [-0.2, -0.15) is 0 Å². The first-order valence-electron chi connectivity index (χ1n) is 5.43. The first kappa shape index (κ1) is 14.7. The van der Waals surface area contributed by atoms with Crippen LogP contribution in [-0.2, 0) is 0 Å². The Kier molecular flexibility index (Phi) is 4.51. The normalized spacial score (nSPS) is 10.1. The fourth-order valence-corrected chi connectivity index (χ4v) is 2.46. The van der Waals surface area contributed by atoms with Gasteiger partial charge in [-0.1, -0.05) is 15.9 Å². The molecule has 7 heteroatoms. The molecule has 0 unspecified atom stereocenters. The van der Waals surface area contributed by atoms with Crippen LogP contribution in [0.3, 0.4) is 0 Å². The number of anilines is 1. The maximum Gasteiger partial charge on any atom is 0.335 e. The van der Waals surface area contributed by atoms with E-state index >= 15 is 0 Å². The van der Waals surface area contributed by atoms with Crippen LogP contribution >= 0.6 is 31.9 Å². The molecular formula is C13H8Br2N2O3. The van der Waals surface area contributed by atoms with Crippen molar-refractivity contribution in [2.24, 2.45) is 0 Å². The van der Waals surface area contributed by atoms with Crippen molar-refractivity contribution >= 4 is 49.4 Å². The van der Waals surface area contributed by atoms with Gasteiger partial charge in [0, 0.05) is 16.4 Å². The molecule has 0 saturated carbocycles. The van der Waals surface area contributed by atoms with Gasteiger partial charge in [-0.3, -0.25) is 4.79 Å². The molecule has 0 bridgehead atoms. The number of carboxylic acid groups (broad SMARTS) is 1. The summed E-state index contributed by atoms with van der Waals surface area (Å²) in [4.78, 5) is 27.0. The number of carbonyl (C=O) groups is 2. The Morgan fingerprint density at radius 2 is 1.95 bits per heavy atom. The van der Waals surface area contributed by atoms with Crippen molar-refractivity contribution in [1.82, 2.24) is 4.98 Å². The fourth-order valence-electron chi connectivity index (χ4n) is 1.54. The Hall–Kier alpha value is -1.73. The van der Waals surface area contributed by atoms with Crippen molar-refractivity contribution in [3.05, 3.63) is 56.7 Å². The van der Waals surface area contributed by atoms with E-state index in [1.165, 1.54) is 12.1 Å². The van der Waals surface area contributed by atoms with Crippen LogP contribution in [0.15, 0.2) is 45.6 Å². The third-order valence-corrected chi connectivity index (χ3v) is 3.50. The molecule has 0 aliphatic heterocycles. The Balaban J connectivity index is 2.28. The zero-order valence-corrected chi connectivity index (χ0v) is 13.1. The Bertz CT molecular complexity index is 689. The predicted octanol–water partition coefficient (Wildman–Crippen LogP) is 3.56. The minimum atomic E-state index is -1.07. The summed E-state index contributed by atoms with van der Waals surface area (Å²) < 4.78 is 0.990. The number of pyridine rings is 1. The van der Waals surface area contributed by atoms with Crippen molar-refractivity contribution in [3.8, 4) is 0 Å². The van der Waals surface area contributed by atoms with Gasteiger partial charge in [-0.15, -0.1) is 0 Å². The van der Waals surface area contributed by atoms with Gasteiger partial charge in [0.25, 0.3) is 5.91 Å². The molecule has 0 fully saturated rings. The second kappa shape index (κ2) is 6.15. The average molecular weight is 400 g/mol. The maximum absolute atomic E-state index is 12.1. The van der Waals surface area contributed by atoms with Crippen LogP contribution in [0.4, 0.5) is 5.69 Å². The van der Waals surface area contributed by atoms with E-state index in [-0.39, 0.29) is 11.5 Å². The monoisotopic (exact) mass is 398 g/mol. The summed E-state index contributed by atoms with van der Waals surface area (Å²) in [6.45, 7) is 0. The number of nitrogens with one attached hydrogen (secondary N) is 1. The highest BCUT2D eigenvalue weighted by Crippen LogP contribution is 2.21. The van der Waals surface area contributed by atoms with E-state index in [1.807, 2.05) is 0 Å². The molecule has 20 heavy (non-hydrogen) atoms. The smallest absolute Gasteiger partial charge is 0.335 e. The van der Waals surface area contributed by atoms with Crippen LogP contribution in [0.5, 0.6) is 0 Å². The molecule has 1 heterocycles. The first-order valence-corrected chi connectivity index (χ1v) is 7.02. The number of halogens is 2. The number of carboxylic acids is 1. The molecule has 1 aromatic heterocycles. The van der Waals surface area contributed by atoms with Crippen LogP contribution < -0.4 is 5.32 Å². The van der Waals surface area contributed by atoms with Crippen molar-refractivity contribution in [2.45, 2.75) is 0 Å². The molecule has 0 aliphatic rings. The van der Waals surface area contributed by atoms with E-state index in [1.54, 1.807) is 24.4 Å². The zero-order valence-electron chi connectivity index (χ0n) is 9.93. The summed E-state index contributed by atoms with van der Waals surface area (Å²) in [6, 6.07) is 7.72. The third-order valence-electron chi connectivity index (χ3n) is 2.41. The van der Waals surface area contributed by atoms with Gasteiger partial charge >= 0.3 is 5.97 Å². The summed E-state index contributed by atoms with van der Waals surface area (Å²) >= 11 is 6.39. The highest BCUT2D eigenvalue weighted by molar-refractivity contribution is 9.10. The van der Waals surface area contributed by atoms with E-state index in [4.69, 9.17) is 5.11 Å². The van der Waals surface area contributed by atoms with Gasteiger partial charge in [0.15, 0.2) is 0 Å². The molecule has 0 saturated heterocycles. The summed E-state index contributed by atoms with van der Waals surface area (Å²) in [6.07, 6.45) is 1.56. The number of benzene rings is 1. The zero-order chi connectivity index (χ0) is 14.7. The number of aromatic carboxylic acids is 1. The molecule has 1 aromatic carbocycles. The average Bonchev–Trinajstić information content (AvgIpc) is 2.38. The van der Waals surface area contributed by atoms with E-state index < -0.39 is 5.97 Å². The fraction of sp³-hybridized carbons (Fsp3) is 0. The summed E-state index contributed by atoms with van der Waals surface area (Å²) in [5.74, 6) is -1.44. The molecule has 2 aromatic rings. The number of hydrogen-bond acceptors (Lipinski definition) is 3. The quantitative estimate of drug-likeness (QED) is 0.773. The SMILES string of the molecule is O=C(O)c1cc(Br)cc(NC(=O)c2cccnc2Br)c1. The van der Waals surface area contributed by atoms with Crippen molar-refractivity contribution < 1.29 is 14.7 Å². The molecule has 0 aliphatic carbocycles. The second-order valence-corrected chi connectivity index (χ2v) is 5.50. The van der Waals surface area contributed by atoms with Crippen molar-refractivity contribution in [2.75, 3.05) is 5.32 Å². The van der Waals surface area contributed by atoms with Gasteiger partial charge < -0.3 is 10.4 Å². The summed E-state index contributed by atoms with van der Waals surface area (Å²) in [7, 11) is 0. The minimum Gasteiger partial charge on any atom is -0.478 e. The van der Waals surface area contributed by atoms with Crippen LogP contribution in [-0.4, -0.2) is 22.0 Å². The van der Waals surface area contributed by atoms with Gasteiger partial charge in [-0.05, 0) is 46.3 Å². The van der Waals surface area contributed by atoms with Crippen LogP contribution in [0, 0.1) is 0 Å². The Labute approximate surface area is 131 Å². The lowest BCUT2D eigenvalue weighted by Crippen LogP contribution is -2.13. The summed E-state index contributed by atoms with van der Waals surface area (Å²) in [5.41, 5.74) is 0.835. The number of nitrogens with zero attached hydrogens (tertiary/aromatic N) is 1. The lowest BCUT2D eigenvalue weighted by atomic mass is 10.2. The molecule has 1 amide bonds. The van der Waals surface area contributed by atoms with Crippen molar-refractivity contribution in [3.63, 3.8) is 0 Å². The van der Waals surface area contributed by atoms with E-state index in [9.17, 15) is 9.59 Å². The van der Waals surface area contributed by atoms with Gasteiger partial charge in [0.05, 0.1) is 11.1 Å². The van der Waals surface area contributed by atoms with Crippen LogP contribution in [0.1, 0.15) is 20.7 Å². The molecule has 102 valence electrons. The van der Waals surface area contributed by atoms with E-state index in [0.29, 0.717) is 20.3 Å². The predicted molar refractivity (Wildman–Crippen MR) is 81.0 cm³/mol. The third kappa shape index (κ3) is 3.43. The van der Waals surface area contributed by atoms with Gasteiger partial charge in [-0.25, -0.2) is 9.78 Å². The lowest BCUT2D eigenvalue weighted by molar-refractivity contribution is 0.0696. The number of rotatable bonds is 3. The second-order valence-electron chi connectivity index (χ2n) is 3.83. The van der Waals surface area contributed by atoms with E-state index in [2.05, 4.69) is 42.2 Å². The standard InChI is InChI=1S/C13H8Br2N2O3/c14-8-4-7(13(19)20)5-9(6-8)17-12(18)10-2-1-3-16-11(10)15/h1-6H,(H,17,18)(H,19,20). The number of aromatic nitrogens is 1. The number of hydrogen-bond donors (Lipinski definition) is 2. The first-order chi connectivity index (χ1) is 9.47. The number of amides is 1. The highest BCUT2D eigenvalue weighted by Gasteiger charge is 2.12. The minimum absolute atomic E-state index is 0.0833. The Morgan fingerprint density at radius 3 is 2.60 bits per heavy atom. The summed E-state index contributed by atoms with van der Waals surface area (Å²) in [5, 5.41) is 11.6.